The Morgan fingerprint density at radius 2 is 1.95 bits per heavy atom. The highest BCUT2D eigenvalue weighted by Gasteiger charge is 2.17. The highest BCUT2D eigenvalue weighted by atomic mass is 79.9. The summed E-state index contributed by atoms with van der Waals surface area (Å²) >= 11 is 3.55. The van der Waals surface area contributed by atoms with Crippen LogP contribution in [0.5, 0.6) is 5.75 Å². The Morgan fingerprint density at radius 1 is 1.24 bits per heavy atom. The third kappa shape index (κ3) is 3.27. The second-order valence-electron chi connectivity index (χ2n) is 5.24. The fourth-order valence-corrected chi connectivity index (χ4v) is 3.03. The molecule has 1 N–H and O–H groups in total. The molecule has 0 fully saturated rings. The normalized spacial score (nSPS) is 12.3. The van der Waals surface area contributed by atoms with E-state index in [0.29, 0.717) is 6.42 Å². The molecule has 2 rings (SSSR count). The second kappa shape index (κ2) is 6.58. The van der Waals surface area contributed by atoms with Crippen LogP contribution in [0.1, 0.15) is 34.1 Å². The van der Waals surface area contributed by atoms with Gasteiger partial charge in [-0.15, -0.1) is 0 Å². The van der Waals surface area contributed by atoms with E-state index in [-0.39, 0.29) is 0 Å². The molecule has 0 aliphatic heterocycles. The van der Waals surface area contributed by atoms with E-state index in [4.69, 9.17) is 4.74 Å². The second-order valence-corrected chi connectivity index (χ2v) is 6.04. The number of nitrogens with zero attached hydrogens (tertiary/aromatic N) is 1. The van der Waals surface area contributed by atoms with E-state index in [1.807, 2.05) is 39.0 Å². The first-order chi connectivity index (χ1) is 9.95. The van der Waals surface area contributed by atoms with Crippen LogP contribution < -0.4 is 4.74 Å². The Bertz CT molecular complexity index is 655. The predicted molar refractivity (Wildman–Crippen MR) is 87.8 cm³/mol. The lowest BCUT2D eigenvalue weighted by Crippen LogP contribution is -2.08. The molecule has 1 heterocycles. The van der Waals surface area contributed by atoms with Crippen molar-refractivity contribution >= 4 is 15.9 Å². The van der Waals surface area contributed by atoms with Crippen LogP contribution in [0.25, 0.3) is 0 Å². The first-order valence-electron chi connectivity index (χ1n) is 6.87. The smallest absolute Gasteiger partial charge is 0.128 e. The summed E-state index contributed by atoms with van der Waals surface area (Å²) in [6, 6.07) is 5.90. The minimum atomic E-state index is -0.599. The van der Waals surface area contributed by atoms with Crippen molar-refractivity contribution in [2.24, 2.45) is 0 Å². The van der Waals surface area contributed by atoms with Crippen molar-refractivity contribution in [3.05, 3.63) is 56.8 Å². The molecule has 2 aromatic rings. The number of benzene rings is 1. The van der Waals surface area contributed by atoms with Gasteiger partial charge in [0.15, 0.2) is 0 Å². The molecule has 3 nitrogen and oxygen atoms in total. The first kappa shape index (κ1) is 16.0. The lowest BCUT2D eigenvalue weighted by atomic mass is 10.00. The molecular weight excluding hydrogens is 330 g/mol. The third-order valence-corrected chi connectivity index (χ3v) is 4.80. The van der Waals surface area contributed by atoms with E-state index in [1.54, 1.807) is 13.3 Å². The van der Waals surface area contributed by atoms with Gasteiger partial charge in [0.1, 0.15) is 5.75 Å². The number of halogens is 1. The average Bonchev–Trinajstić information content (AvgIpc) is 2.45. The Balaban J connectivity index is 2.32. The van der Waals surface area contributed by atoms with Crippen molar-refractivity contribution in [1.29, 1.82) is 0 Å². The number of aromatic nitrogens is 1. The molecule has 0 amide bonds. The maximum Gasteiger partial charge on any atom is 0.128 e. The van der Waals surface area contributed by atoms with Gasteiger partial charge in [0.25, 0.3) is 0 Å². The quantitative estimate of drug-likeness (QED) is 0.905. The largest absolute Gasteiger partial charge is 0.496 e. The Labute approximate surface area is 134 Å². The van der Waals surface area contributed by atoms with Crippen LogP contribution in [-0.4, -0.2) is 17.2 Å². The van der Waals surface area contributed by atoms with E-state index in [0.717, 1.165) is 38.2 Å². The van der Waals surface area contributed by atoms with Gasteiger partial charge in [-0.2, -0.15) is 0 Å². The topological polar surface area (TPSA) is 42.4 Å². The molecule has 0 saturated carbocycles. The van der Waals surface area contributed by atoms with E-state index < -0.39 is 6.10 Å². The predicted octanol–water partition coefficient (Wildman–Crippen LogP) is 4.05. The Kier molecular flexibility index (Phi) is 5.01. The molecule has 0 saturated heterocycles. The molecule has 1 atom stereocenters. The van der Waals surface area contributed by atoms with Gasteiger partial charge in [-0.05, 0) is 31.9 Å². The van der Waals surface area contributed by atoms with Gasteiger partial charge < -0.3 is 9.84 Å². The number of rotatable bonds is 4. The van der Waals surface area contributed by atoms with Crippen molar-refractivity contribution in [1.82, 2.24) is 4.98 Å². The van der Waals surface area contributed by atoms with Crippen molar-refractivity contribution in [2.75, 3.05) is 7.11 Å². The highest BCUT2D eigenvalue weighted by Crippen LogP contribution is 2.31. The lowest BCUT2D eigenvalue weighted by Gasteiger charge is -2.17. The molecular formula is C17H20BrNO2. The summed E-state index contributed by atoms with van der Waals surface area (Å²) in [6.07, 6.45) is 1.65. The van der Waals surface area contributed by atoms with Gasteiger partial charge in [-0.25, -0.2) is 0 Å². The van der Waals surface area contributed by atoms with Gasteiger partial charge in [0, 0.05) is 33.9 Å². The maximum absolute atomic E-state index is 10.5. The van der Waals surface area contributed by atoms with Crippen LogP contribution in [-0.2, 0) is 6.42 Å². The van der Waals surface area contributed by atoms with E-state index in [1.165, 1.54) is 0 Å². The van der Waals surface area contributed by atoms with Gasteiger partial charge >= 0.3 is 0 Å². The van der Waals surface area contributed by atoms with Crippen molar-refractivity contribution < 1.29 is 9.84 Å². The zero-order valence-corrected chi connectivity index (χ0v) is 14.4. The molecule has 0 spiro atoms. The number of hydrogen-bond donors (Lipinski definition) is 1. The molecule has 0 aliphatic rings. The van der Waals surface area contributed by atoms with Gasteiger partial charge in [-0.3, -0.25) is 4.98 Å². The standard InChI is InChI=1S/C17H20BrNO2/c1-10-6-5-7-13(16(10)18)15(20)8-14-12(3)17(21-4)11(2)9-19-14/h5-7,9,15,20H,8H2,1-4H3. The molecule has 112 valence electrons. The Morgan fingerprint density at radius 3 is 2.62 bits per heavy atom. The van der Waals surface area contributed by atoms with E-state index >= 15 is 0 Å². The number of aliphatic hydroxyl groups is 1. The maximum atomic E-state index is 10.5. The minimum Gasteiger partial charge on any atom is -0.496 e. The number of methoxy groups -OCH3 is 1. The molecule has 0 bridgehead atoms. The third-order valence-electron chi connectivity index (χ3n) is 3.72. The van der Waals surface area contributed by atoms with Crippen LogP contribution >= 0.6 is 15.9 Å². The number of aliphatic hydroxyl groups excluding tert-OH is 1. The van der Waals surface area contributed by atoms with Crippen LogP contribution in [0.15, 0.2) is 28.9 Å². The molecule has 0 aliphatic carbocycles. The average molecular weight is 350 g/mol. The monoisotopic (exact) mass is 349 g/mol. The molecule has 4 heteroatoms. The fourth-order valence-electron chi connectivity index (χ4n) is 2.50. The molecule has 1 aromatic carbocycles. The van der Waals surface area contributed by atoms with Crippen LogP contribution in [0.3, 0.4) is 0 Å². The molecule has 1 unspecified atom stereocenters. The Hall–Kier alpha value is -1.39. The number of aryl methyl sites for hydroxylation is 2. The van der Waals surface area contributed by atoms with E-state index in [9.17, 15) is 5.11 Å². The van der Waals surface area contributed by atoms with Gasteiger partial charge in [0.05, 0.1) is 13.2 Å². The fraction of sp³-hybridized carbons (Fsp3) is 0.353. The summed E-state index contributed by atoms with van der Waals surface area (Å²) in [5, 5.41) is 10.5. The summed E-state index contributed by atoms with van der Waals surface area (Å²) < 4.78 is 6.37. The van der Waals surface area contributed by atoms with Crippen LogP contribution in [0.4, 0.5) is 0 Å². The zero-order valence-electron chi connectivity index (χ0n) is 12.8. The highest BCUT2D eigenvalue weighted by molar-refractivity contribution is 9.10. The summed E-state index contributed by atoms with van der Waals surface area (Å²) in [4.78, 5) is 4.45. The van der Waals surface area contributed by atoms with Gasteiger partial charge in [-0.1, -0.05) is 34.1 Å². The van der Waals surface area contributed by atoms with Crippen molar-refractivity contribution in [2.45, 2.75) is 33.3 Å². The van der Waals surface area contributed by atoms with Crippen LogP contribution in [0.2, 0.25) is 0 Å². The zero-order chi connectivity index (χ0) is 15.6. The number of pyridine rings is 1. The summed E-state index contributed by atoms with van der Waals surface area (Å²) in [5.41, 5.74) is 4.84. The number of hydrogen-bond acceptors (Lipinski definition) is 3. The van der Waals surface area contributed by atoms with Crippen LogP contribution in [0, 0.1) is 20.8 Å². The summed E-state index contributed by atoms with van der Waals surface area (Å²) in [7, 11) is 1.66. The van der Waals surface area contributed by atoms with E-state index in [2.05, 4.69) is 20.9 Å². The molecule has 0 radical (unpaired) electrons. The first-order valence-corrected chi connectivity index (χ1v) is 7.67. The summed E-state index contributed by atoms with van der Waals surface area (Å²) in [6.45, 7) is 5.96. The van der Waals surface area contributed by atoms with Crippen molar-refractivity contribution in [3.8, 4) is 5.75 Å². The molecule has 1 aromatic heterocycles. The SMILES string of the molecule is COc1c(C)cnc(CC(O)c2cccc(C)c2Br)c1C. The number of ether oxygens (including phenoxy) is 1. The lowest BCUT2D eigenvalue weighted by molar-refractivity contribution is 0.176. The van der Waals surface area contributed by atoms with Crippen molar-refractivity contribution in [3.63, 3.8) is 0 Å². The van der Waals surface area contributed by atoms with Gasteiger partial charge in [0.2, 0.25) is 0 Å². The molecule has 21 heavy (non-hydrogen) atoms. The minimum absolute atomic E-state index is 0.463. The summed E-state index contributed by atoms with van der Waals surface area (Å²) in [5.74, 6) is 0.843.